The van der Waals surface area contributed by atoms with Crippen LogP contribution in [0.1, 0.15) is 35.4 Å². The lowest BCUT2D eigenvalue weighted by Crippen LogP contribution is -2.31. The molecule has 0 saturated heterocycles. The Morgan fingerprint density at radius 2 is 2.28 bits per heavy atom. The molecule has 0 fully saturated rings. The predicted octanol–water partition coefficient (Wildman–Crippen LogP) is 0.477. The lowest BCUT2D eigenvalue weighted by molar-refractivity contribution is 0.0950. The second-order valence-corrected chi connectivity index (χ2v) is 4.25. The molecule has 0 spiro atoms. The van der Waals surface area contributed by atoms with Gasteiger partial charge < -0.3 is 9.52 Å². The number of carbonyl (C=O) groups excluding carboxylic acids is 1. The monoisotopic (exact) mass is 255 g/mol. The summed E-state index contributed by atoms with van der Waals surface area (Å²) in [5, 5.41) is 8.68. The van der Waals surface area contributed by atoms with E-state index in [4.69, 9.17) is 15.4 Å². The minimum atomic E-state index is -0.340. The van der Waals surface area contributed by atoms with E-state index in [0.29, 0.717) is 17.9 Å². The molecule has 1 heterocycles. The summed E-state index contributed by atoms with van der Waals surface area (Å²) in [5.41, 5.74) is 2.57. The summed E-state index contributed by atoms with van der Waals surface area (Å²) in [4.78, 5) is 13.5. The molecule has 0 saturated carbocycles. The average Bonchev–Trinajstić information content (AvgIpc) is 2.82. The topological polar surface area (TPSA) is 91.7 Å². The standard InChI is InChI=1S/C12H21N3O3/c1-15(6-3-2-4-7-16)9-11-10(5-8-18-11)12(17)14-13/h5,8,16H,2-4,6-7,9,13H2,1H3,(H,14,17). The summed E-state index contributed by atoms with van der Waals surface area (Å²) >= 11 is 0. The molecule has 0 aromatic carbocycles. The van der Waals surface area contributed by atoms with Gasteiger partial charge in [-0.15, -0.1) is 0 Å². The fourth-order valence-corrected chi connectivity index (χ4v) is 1.74. The lowest BCUT2D eigenvalue weighted by atomic mass is 10.2. The summed E-state index contributed by atoms with van der Waals surface area (Å²) in [6.07, 6.45) is 4.32. The fourth-order valence-electron chi connectivity index (χ4n) is 1.74. The van der Waals surface area contributed by atoms with E-state index in [-0.39, 0.29) is 12.5 Å². The first-order valence-electron chi connectivity index (χ1n) is 6.05. The zero-order chi connectivity index (χ0) is 13.4. The van der Waals surface area contributed by atoms with E-state index >= 15 is 0 Å². The van der Waals surface area contributed by atoms with Crippen molar-refractivity contribution in [1.29, 1.82) is 0 Å². The largest absolute Gasteiger partial charge is 0.467 e. The zero-order valence-electron chi connectivity index (χ0n) is 10.7. The van der Waals surface area contributed by atoms with Gasteiger partial charge in [-0.1, -0.05) is 0 Å². The first-order valence-corrected chi connectivity index (χ1v) is 6.05. The third-order valence-electron chi connectivity index (χ3n) is 2.73. The number of nitrogens with zero attached hydrogens (tertiary/aromatic N) is 1. The van der Waals surface area contributed by atoms with Crippen LogP contribution in [0.4, 0.5) is 0 Å². The average molecular weight is 255 g/mol. The van der Waals surface area contributed by atoms with Gasteiger partial charge in [-0.2, -0.15) is 0 Å². The maximum absolute atomic E-state index is 11.4. The predicted molar refractivity (Wildman–Crippen MR) is 67.6 cm³/mol. The highest BCUT2D eigenvalue weighted by molar-refractivity contribution is 5.94. The maximum Gasteiger partial charge on any atom is 0.268 e. The molecule has 1 amide bonds. The third kappa shape index (κ3) is 4.48. The summed E-state index contributed by atoms with van der Waals surface area (Å²) in [6.45, 7) is 1.70. The van der Waals surface area contributed by atoms with Gasteiger partial charge in [0.2, 0.25) is 0 Å². The minimum absolute atomic E-state index is 0.239. The highest BCUT2D eigenvalue weighted by Gasteiger charge is 2.14. The van der Waals surface area contributed by atoms with Crippen molar-refractivity contribution in [2.75, 3.05) is 20.2 Å². The molecule has 6 heteroatoms. The molecule has 0 unspecified atom stereocenters. The van der Waals surface area contributed by atoms with Crippen molar-refractivity contribution in [2.24, 2.45) is 5.84 Å². The number of aliphatic hydroxyl groups excluding tert-OH is 1. The normalized spacial score (nSPS) is 10.9. The molecule has 0 aliphatic heterocycles. The van der Waals surface area contributed by atoms with Crippen LogP contribution in [-0.2, 0) is 6.54 Å². The van der Waals surface area contributed by atoms with E-state index in [2.05, 4.69) is 10.3 Å². The number of rotatable bonds is 8. The quantitative estimate of drug-likeness (QED) is 0.272. The van der Waals surface area contributed by atoms with E-state index < -0.39 is 0 Å². The van der Waals surface area contributed by atoms with Gasteiger partial charge in [0.05, 0.1) is 18.4 Å². The number of aliphatic hydroxyl groups is 1. The highest BCUT2D eigenvalue weighted by atomic mass is 16.3. The SMILES string of the molecule is CN(CCCCCO)Cc1occc1C(=O)NN. The van der Waals surface area contributed by atoms with Gasteiger partial charge in [-0.05, 0) is 38.9 Å². The molecule has 1 aromatic rings. The Bertz CT molecular complexity index is 365. The van der Waals surface area contributed by atoms with Gasteiger partial charge in [-0.3, -0.25) is 15.1 Å². The summed E-state index contributed by atoms with van der Waals surface area (Å²) in [5.74, 6) is 5.37. The van der Waals surface area contributed by atoms with Gasteiger partial charge in [0, 0.05) is 6.61 Å². The molecule has 0 atom stereocenters. The van der Waals surface area contributed by atoms with Crippen LogP contribution in [0.15, 0.2) is 16.7 Å². The van der Waals surface area contributed by atoms with Gasteiger partial charge in [0.25, 0.3) is 5.91 Å². The van der Waals surface area contributed by atoms with Gasteiger partial charge >= 0.3 is 0 Å². The van der Waals surface area contributed by atoms with Crippen molar-refractivity contribution >= 4 is 5.91 Å². The van der Waals surface area contributed by atoms with Crippen molar-refractivity contribution in [3.63, 3.8) is 0 Å². The maximum atomic E-state index is 11.4. The van der Waals surface area contributed by atoms with Gasteiger partial charge in [-0.25, -0.2) is 5.84 Å². The van der Waals surface area contributed by atoms with E-state index in [1.54, 1.807) is 6.07 Å². The van der Waals surface area contributed by atoms with Crippen molar-refractivity contribution < 1.29 is 14.3 Å². The number of nitrogens with one attached hydrogen (secondary N) is 1. The number of hydrazine groups is 1. The second-order valence-electron chi connectivity index (χ2n) is 4.25. The molecule has 4 N–H and O–H groups in total. The summed E-state index contributed by atoms with van der Waals surface area (Å²) in [7, 11) is 1.96. The van der Waals surface area contributed by atoms with Crippen molar-refractivity contribution in [1.82, 2.24) is 10.3 Å². The molecule has 0 aliphatic rings. The van der Waals surface area contributed by atoms with E-state index in [0.717, 1.165) is 25.8 Å². The number of nitrogens with two attached hydrogens (primary N) is 1. The molecule has 0 bridgehead atoms. The molecule has 1 rings (SSSR count). The first-order chi connectivity index (χ1) is 8.69. The van der Waals surface area contributed by atoms with Crippen LogP contribution in [0.5, 0.6) is 0 Å². The van der Waals surface area contributed by atoms with Crippen LogP contribution < -0.4 is 11.3 Å². The number of hydrogen-bond acceptors (Lipinski definition) is 5. The number of amides is 1. The highest BCUT2D eigenvalue weighted by Crippen LogP contribution is 2.13. The molecule has 0 aliphatic carbocycles. The number of carbonyl (C=O) groups is 1. The molecular weight excluding hydrogens is 234 g/mol. The van der Waals surface area contributed by atoms with Crippen LogP contribution in [-0.4, -0.2) is 36.1 Å². The summed E-state index contributed by atoms with van der Waals surface area (Å²) in [6, 6.07) is 1.61. The third-order valence-corrected chi connectivity index (χ3v) is 2.73. The Morgan fingerprint density at radius 3 is 2.94 bits per heavy atom. The van der Waals surface area contributed by atoms with Gasteiger partial charge in [0.1, 0.15) is 5.76 Å². The number of nitrogen functional groups attached to an aromatic ring is 1. The Morgan fingerprint density at radius 1 is 1.50 bits per heavy atom. The van der Waals surface area contributed by atoms with Crippen LogP contribution >= 0.6 is 0 Å². The first kappa shape index (κ1) is 14.7. The zero-order valence-corrected chi connectivity index (χ0v) is 10.7. The molecule has 6 nitrogen and oxygen atoms in total. The second kappa shape index (κ2) is 7.86. The van der Waals surface area contributed by atoms with Crippen LogP contribution in [0.25, 0.3) is 0 Å². The number of furan rings is 1. The van der Waals surface area contributed by atoms with Crippen molar-refractivity contribution in [3.8, 4) is 0 Å². The molecule has 102 valence electrons. The smallest absolute Gasteiger partial charge is 0.268 e. The fraction of sp³-hybridized carbons (Fsp3) is 0.583. The van der Waals surface area contributed by atoms with Gasteiger partial charge in [0.15, 0.2) is 0 Å². The number of hydrogen-bond donors (Lipinski definition) is 3. The van der Waals surface area contributed by atoms with Crippen molar-refractivity contribution in [2.45, 2.75) is 25.8 Å². The minimum Gasteiger partial charge on any atom is -0.467 e. The van der Waals surface area contributed by atoms with E-state index in [1.165, 1.54) is 6.26 Å². The van der Waals surface area contributed by atoms with E-state index in [9.17, 15) is 4.79 Å². The van der Waals surface area contributed by atoms with Crippen LogP contribution in [0.2, 0.25) is 0 Å². The Balaban J connectivity index is 2.42. The Labute approximate surface area is 107 Å². The molecular formula is C12H21N3O3. The van der Waals surface area contributed by atoms with Crippen LogP contribution in [0.3, 0.4) is 0 Å². The number of unbranched alkanes of at least 4 members (excludes halogenated alkanes) is 2. The Hall–Kier alpha value is -1.37. The molecule has 18 heavy (non-hydrogen) atoms. The van der Waals surface area contributed by atoms with Crippen LogP contribution in [0, 0.1) is 0 Å². The van der Waals surface area contributed by atoms with Crippen molar-refractivity contribution in [3.05, 3.63) is 23.7 Å². The molecule has 1 aromatic heterocycles. The van der Waals surface area contributed by atoms with E-state index in [1.807, 2.05) is 7.05 Å². The summed E-state index contributed by atoms with van der Waals surface area (Å²) < 4.78 is 5.29. The molecule has 0 radical (unpaired) electrons. The lowest BCUT2D eigenvalue weighted by Gasteiger charge is -2.15. The Kier molecular flexibility index (Phi) is 6.42.